The molecule has 0 aliphatic carbocycles. The fourth-order valence-corrected chi connectivity index (χ4v) is 1.14. The van der Waals surface area contributed by atoms with Gasteiger partial charge in [-0.1, -0.05) is 26.8 Å². The molecule has 4 heteroatoms. The van der Waals surface area contributed by atoms with Gasteiger partial charge in [-0.3, -0.25) is 15.5 Å². The molecular formula is C11H18N2O2. The predicted molar refractivity (Wildman–Crippen MR) is 61.1 cm³/mol. The Kier molecular flexibility index (Phi) is 6.13. The second kappa shape index (κ2) is 6.84. The van der Waals surface area contributed by atoms with Gasteiger partial charge in [-0.2, -0.15) is 0 Å². The van der Waals surface area contributed by atoms with Gasteiger partial charge in [-0.25, -0.2) is 0 Å². The number of anilines is 1. The van der Waals surface area contributed by atoms with Crippen LogP contribution in [-0.4, -0.2) is 11.1 Å². The highest BCUT2D eigenvalue weighted by Crippen LogP contribution is 2.17. The number of benzene rings is 1. The number of hydrogen-bond donors (Lipinski definition) is 3. The summed E-state index contributed by atoms with van der Waals surface area (Å²) < 4.78 is 0. The van der Waals surface area contributed by atoms with Crippen molar-refractivity contribution in [2.45, 2.75) is 27.2 Å². The molecule has 0 aliphatic rings. The van der Waals surface area contributed by atoms with Crippen LogP contribution in [-0.2, 0) is 6.42 Å². The van der Waals surface area contributed by atoms with Crippen LogP contribution >= 0.6 is 0 Å². The van der Waals surface area contributed by atoms with E-state index in [1.54, 1.807) is 12.1 Å². The minimum absolute atomic E-state index is 0.383. The van der Waals surface area contributed by atoms with Gasteiger partial charge in [0, 0.05) is 5.56 Å². The van der Waals surface area contributed by atoms with Crippen LogP contribution in [0.3, 0.4) is 0 Å². The predicted octanol–water partition coefficient (Wildman–Crippen LogP) is 2.18. The number of amides is 1. The van der Waals surface area contributed by atoms with Crippen LogP contribution in [0.4, 0.5) is 5.69 Å². The van der Waals surface area contributed by atoms with Crippen LogP contribution < -0.4 is 11.2 Å². The number of primary amides is 1. The maximum Gasteiger partial charge on any atom is 0.248 e. The highest BCUT2D eigenvalue weighted by molar-refractivity contribution is 5.93. The van der Waals surface area contributed by atoms with Gasteiger partial charge in [-0.05, 0) is 24.1 Å². The molecule has 0 aliphatic heterocycles. The Hall–Kier alpha value is -1.55. The summed E-state index contributed by atoms with van der Waals surface area (Å²) >= 11 is 0. The topological polar surface area (TPSA) is 75.4 Å². The number of rotatable bonds is 3. The smallest absolute Gasteiger partial charge is 0.248 e. The normalized spacial score (nSPS) is 8.80. The van der Waals surface area contributed by atoms with E-state index in [4.69, 9.17) is 10.9 Å². The van der Waals surface area contributed by atoms with Gasteiger partial charge in [0.05, 0.1) is 5.69 Å². The van der Waals surface area contributed by atoms with Crippen molar-refractivity contribution in [2.24, 2.45) is 5.73 Å². The average Bonchev–Trinajstić information content (AvgIpc) is 2.30. The third-order valence-corrected chi connectivity index (χ3v) is 1.90. The molecule has 15 heavy (non-hydrogen) atoms. The van der Waals surface area contributed by atoms with Gasteiger partial charge in [-0.15, -0.1) is 0 Å². The van der Waals surface area contributed by atoms with Gasteiger partial charge in [0.25, 0.3) is 0 Å². The molecule has 0 atom stereocenters. The van der Waals surface area contributed by atoms with E-state index in [1.165, 1.54) is 6.07 Å². The Labute approximate surface area is 90.1 Å². The first kappa shape index (κ1) is 13.4. The van der Waals surface area contributed by atoms with Crippen molar-refractivity contribution in [3.63, 3.8) is 0 Å². The third-order valence-electron chi connectivity index (χ3n) is 1.90. The zero-order chi connectivity index (χ0) is 11.8. The Balaban J connectivity index is 0.000000921. The first-order chi connectivity index (χ1) is 7.19. The zero-order valence-corrected chi connectivity index (χ0v) is 9.37. The summed E-state index contributed by atoms with van der Waals surface area (Å²) in [5, 5.41) is 8.75. The minimum Gasteiger partial charge on any atom is -0.366 e. The van der Waals surface area contributed by atoms with Crippen LogP contribution in [0.5, 0.6) is 0 Å². The number of carbonyl (C=O) groups excluding carboxylic acids is 1. The average molecular weight is 210 g/mol. The summed E-state index contributed by atoms with van der Waals surface area (Å²) in [5.74, 6) is -0.501. The molecule has 0 fully saturated rings. The lowest BCUT2D eigenvalue weighted by molar-refractivity contribution is 0.100. The molecule has 0 saturated carbocycles. The first-order valence-corrected chi connectivity index (χ1v) is 5.02. The number of aryl methyl sites for hydroxylation is 1. The number of nitrogens with two attached hydrogens (primary N) is 1. The standard InChI is InChI=1S/C9H12N2O2.C2H6/c1-2-6-3-4-7(9(10)12)5-8(6)11-13;1-2/h3-5,11,13H,2H2,1H3,(H2,10,12);1-2H3. The van der Waals surface area contributed by atoms with Gasteiger partial charge >= 0.3 is 0 Å². The summed E-state index contributed by atoms with van der Waals surface area (Å²) in [6.45, 7) is 5.96. The second-order valence-corrected chi connectivity index (χ2v) is 2.70. The molecule has 0 saturated heterocycles. The monoisotopic (exact) mass is 210 g/mol. The van der Waals surface area contributed by atoms with Crippen molar-refractivity contribution in [2.75, 3.05) is 5.48 Å². The highest BCUT2D eigenvalue weighted by atomic mass is 16.5. The third kappa shape index (κ3) is 3.59. The lowest BCUT2D eigenvalue weighted by Crippen LogP contribution is -2.11. The highest BCUT2D eigenvalue weighted by Gasteiger charge is 2.04. The van der Waals surface area contributed by atoms with Crippen LogP contribution in [0.15, 0.2) is 18.2 Å². The molecule has 0 bridgehead atoms. The molecule has 0 spiro atoms. The first-order valence-electron chi connectivity index (χ1n) is 5.02. The molecule has 4 nitrogen and oxygen atoms in total. The Morgan fingerprint density at radius 2 is 2.07 bits per heavy atom. The Bertz CT molecular complexity index is 324. The fourth-order valence-electron chi connectivity index (χ4n) is 1.14. The van der Waals surface area contributed by atoms with Crippen molar-refractivity contribution in [1.82, 2.24) is 0 Å². The number of carbonyl (C=O) groups is 1. The van der Waals surface area contributed by atoms with E-state index >= 15 is 0 Å². The number of nitrogens with one attached hydrogen (secondary N) is 1. The fraction of sp³-hybridized carbons (Fsp3) is 0.364. The van der Waals surface area contributed by atoms with E-state index in [0.717, 1.165) is 12.0 Å². The Morgan fingerprint density at radius 3 is 2.47 bits per heavy atom. The summed E-state index contributed by atoms with van der Waals surface area (Å²) in [6.07, 6.45) is 0.780. The molecule has 4 N–H and O–H groups in total. The summed E-state index contributed by atoms with van der Waals surface area (Å²) in [6, 6.07) is 4.93. The SMILES string of the molecule is CC.CCc1ccc(C(N)=O)cc1NO. The van der Waals surface area contributed by atoms with Crippen LogP contribution in [0.2, 0.25) is 0 Å². The molecule has 1 rings (SSSR count). The lowest BCUT2D eigenvalue weighted by Gasteiger charge is -2.06. The summed E-state index contributed by atoms with van der Waals surface area (Å²) in [4.78, 5) is 10.8. The van der Waals surface area contributed by atoms with Crippen molar-refractivity contribution in [1.29, 1.82) is 0 Å². The maximum absolute atomic E-state index is 10.8. The van der Waals surface area contributed by atoms with E-state index in [1.807, 2.05) is 26.3 Å². The van der Waals surface area contributed by atoms with Gasteiger partial charge < -0.3 is 5.73 Å². The van der Waals surface area contributed by atoms with E-state index < -0.39 is 5.91 Å². The summed E-state index contributed by atoms with van der Waals surface area (Å²) in [7, 11) is 0. The van der Waals surface area contributed by atoms with Gasteiger partial charge in [0.15, 0.2) is 0 Å². The zero-order valence-electron chi connectivity index (χ0n) is 9.37. The maximum atomic E-state index is 10.8. The van der Waals surface area contributed by atoms with E-state index in [9.17, 15) is 4.79 Å². The molecule has 0 aromatic heterocycles. The molecule has 84 valence electrons. The number of hydrogen-bond acceptors (Lipinski definition) is 3. The molecule has 0 heterocycles. The van der Waals surface area contributed by atoms with Crippen molar-refractivity contribution in [3.8, 4) is 0 Å². The molecule has 0 radical (unpaired) electrons. The molecule has 1 amide bonds. The Morgan fingerprint density at radius 1 is 1.47 bits per heavy atom. The van der Waals surface area contributed by atoms with Crippen molar-refractivity contribution < 1.29 is 10.0 Å². The van der Waals surface area contributed by atoms with Crippen LogP contribution in [0.1, 0.15) is 36.7 Å². The van der Waals surface area contributed by atoms with Crippen LogP contribution in [0.25, 0.3) is 0 Å². The van der Waals surface area contributed by atoms with E-state index in [-0.39, 0.29) is 0 Å². The van der Waals surface area contributed by atoms with Crippen molar-refractivity contribution in [3.05, 3.63) is 29.3 Å². The molecule has 1 aromatic rings. The minimum atomic E-state index is -0.501. The van der Waals surface area contributed by atoms with Crippen molar-refractivity contribution >= 4 is 11.6 Å². The van der Waals surface area contributed by atoms with E-state index in [2.05, 4.69) is 0 Å². The van der Waals surface area contributed by atoms with Crippen LogP contribution in [0, 0.1) is 0 Å². The molecule has 1 aromatic carbocycles. The molecule has 0 unspecified atom stereocenters. The second-order valence-electron chi connectivity index (χ2n) is 2.70. The lowest BCUT2D eigenvalue weighted by atomic mass is 10.1. The largest absolute Gasteiger partial charge is 0.366 e. The quantitative estimate of drug-likeness (QED) is 0.669. The van der Waals surface area contributed by atoms with Gasteiger partial charge in [0.2, 0.25) is 5.91 Å². The van der Waals surface area contributed by atoms with Gasteiger partial charge in [0.1, 0.15) is 0 Å². The summed E-state index contributed by atoms with van der Waals surface area (Å²) in [5.41, 5.74) is 8.96. The van der Waals surface area contributed by atoms with E-state index in [0.29, 0.717) is 11.3 Å². The molecular weight excluding hydrogens is 192 g/mol.